The second-order valence-electron chi connectivity index (χ2n) is 7.11. The van der Waals surface area contributed by atoms with E-state index in [2.05, 4.69) is 101 Å². The molecular weight excluding hydrogens is 607 g/mol. The average molecular weight is 625 g/mol. The quantitative estimate of drug-likeness (QED) is 0.179. The standard InChI is InChI=1S/2C12H9PS4/c2*14-13(10-1-4-15-7-10,11-2-5-16-8-11)12-3-6-17-9-12/h2*1-9H. The predicted octanol–water partition coefficient (Wildman–Crippen LogP) is 7.25. The van der Waals surface area contributed by atoms with Crippen molar-refractivity contribution in [1.82, 2.24) is 0 Å². The smallest absolute Gasteiger partial charge is 0.0403 e. The fraction of sp³-hybridized carbons (Fsp3) is 0. The zero-order chi connectivity index (χ0) is 23.4. The lowest BCUT2D eigenvalue weighted by Gasteiger charge is -2.19. The Labute approximate surface area is 234 Å². The Balaban J connectivity index is 0.000000142. The van der Waals surface area contributed by atoms with Gasteiger partial charge in [-0.3, -0.25) is 0 Å². The Morgan fingerprint density at radius 3 is 0.647 bits per heavy atom. The molecule has 0 aromatic carbocycles. The summed E-state index contributed by atoms with van der Waals surface area (Å²) >= 11 is 22.6. The molecule has 0 atom stereocenters. The van der Waals surface area contributed by atoms with Gasteiger partial charge < -0.3 is 0 Å². The monoisotopic (exact) mass is 624 g/mol. The molecule has 0 aliphatic rings. The molecule has 172 valence electrons. The van der Waals surface area contributed by atoms with Crippen LogP contribution in [0.3, 0.4) is 0 Å². The molecule has 0 saturated heterocycles. The maximum absolute atomic E-state index is 6.09. The van der Waals surface area contributed by atoms with Crippen molar-refractivity contribution in [1.29, 1.82) is 0 Å². The molecule has 0 radical (unpaired) electrons. The van der Waals surface area contributed by atoms with Crippen LogP contribution in [0.2, 0.25) is 0 Å². The third kappa shape index (κ3) is 4.88. The van der Waals surface area contributed by atoms with Crippen LogP contribution in [0, 0.1) is 0 Å². The first-order valence-electron chi connectivity index (χ1n) is 10.00. The summed E-state index contributed by atoms with van der Waals surface area (Å²) in [6.07, 6.45) is 0. The van der Waals surface area contributed by atoms with Crippen molar-refractivity contribution in [2.24, 2.45) is 0 Å². The first-order valence-corrected chi connectivity index (χ1v) is 21.3. The molecule has 0 aliphatic carbocycles. The van der Waals surface area contributed by atoms with Gasteiger partial charge in [-0.15, -0.1) is 0 Å². The molecule has 6 heterocycles. The summed E-state index contributed by atoms with van der Waals surface area (Å²) in [5.74, 6) is 0. The van der Waals surface area contributed by atoms with E-state index in [9.17, 15) is 0 Å². The van der Waals surface area contributed by atoms with Crippen molar-refractivity contribution >= 4 is 136 Å². The summed E-state index contributed by atoms with van der Waals surface area (Å²) in [6, 6.07) is 9.55. The van der Waals surface area contributed by atoms with Crippen LogP contribution in [-0.2, 0) is 23.6 Å². The molecule has 0 bridgehead atoms. The molecule has 0 nitrogen and oxygen atoms in total. The number of thiophene rings is 6. The van der Waals surface area contributed by atoms with Gasteiger partial charge in [-0.05, 0) is 101 Å². The zero-order valence-electron chi connectivity index (χ0n) is 17.6. The second-order valence-corrected chi connectivity index (χ2v) is 20.6. The fourth-order valence-electron chi connectivity index (χ4n) is 3.51. The van der Waals surface area contributed by atoms with Crippen LogP contribution in [0.25, 0.3) is 0 Å². The van der Waals surface area contributed by atoms with Gasteiger partial charge in [-0.25, -0.2) is 0 Å². The van der Waals surface area contributed by atoms with E-state index in [1.54, 1.807) is 68.0 Å². The normalized spacial score (nSPS) is 11.8. The first kappa shape index (κ1) is 25.2. The SMILES string of the molecule is S=P(c1ccsc1)(c1ccsc1)c1ccsc1.S=P(c1ccsc1)(c1ccsc1)c1ccsc1. The highest BCUT2D eigenvalue weighted by Crippen LogP contribution is 2.45. The fourth-order valence-corrected chi connectivity index (χ4v) is 18.8. The highest BCUT2D eigenvalue weighted by atomic mass is 32.4. The first-order chi connectivity index (χ1) is 16.6. The summed E-state index contributed by atoms with van der Waals surface area (Å²) in [6.45, 7) is 0. The van der Waals surface area contributed by atoms with Gasteiger partial charge in [0.15, 0.2) is 0 Å². The molecule has 0 N–H and O–H groups in total. The summed E-state index contributed by atoms with van der Waals surface area (Å²) in [5, 5.41) is 33.8. The highest BCUT2D eigenvalue weighted by molar-refractivity contribution is 8.26. The number of hydrogen-bond acceptors (Lipinski definition) is 8. The van der Waals surface area contributed by atoms with Crippen molar-refractivity contribution in [3.05, 3.63) is 101 Å². The van der Waals surface area contributed by atoms with Crippen molar-refractivity contribution < 1.29 is 0 Å². The van der Waals surface area contributed by atoms with Gasteiger partial charge in [-0.2, -0.15) is 68.0 Å². The van der Waals surface area contributed by atoms with Gasteiger partial charge >= 0.3 is 0 Å². The van der Waals surface area contributed by atoms with Crippen LogP contribution in [0.5, 0.6) is 0 Å². The van der Waals surface area contributed by atoms with Crippen LogP contribution >= 0.6 is 80.1 Å². The predicted molar refractivity (Wildman–Crippen MR) is 172 cm³/mol. The minimum Gasteiger partial charge on any atom is -0.152 e. The molecule has 6 rings (SSSR count). The van der Waals surface area contributed by atoms with Gasteiger partial charge in [0.05, 0.1) is 0 Å². The van der Waals surface area contributed by atoms with E-state index in [0.717, 1.165) is 0 Å². The Morgan fingerprint density at radius 1 is 0.353 bits per heavy atom. The van der Waals surface area contributed by atoms with E-state index >= 15 is 0 Å². The van der Waals surface area contributed by atoms with Crippen molar-refractivity contribution in [3.63, 3.8) is 0 Å². The van der Waals surface area contributed by atoms with Crippen molar-refractivity contribution in [2.45, 2.75) is 0 Å². The minimum atomic E-state index is -1.77. The summed E-state index contributed by atoms with van der Waals surface area (Å²) in [7, 11) is 0. The summed E-state index contributed by atoms with van der Waals surface area (Å²) in [4.78, 5) is 0. The van der Waals surface area contributed by atoms with E-state index in [4.69, 9.17) is 23.6 Å². The van der Waals surface area contributed by atoms with Gasteiger partial charge in [0.25, 0.3) is 0 Å². The van der Waals surface area contributed by atoms with Crippen molar-refractivity contribution in [3.8, 4) is 0 Å². The third-order valence-corrected chi connectivity index (χ3v) is 20.2. The highest BCUT2D eigenvalue weighted by Gasteiger charge is 2.26. The molecular formula is C24H18P2S8. The largest absolute Gasteiger partial charge is 0.152 e. The van der Waals surface area contributed by atoms with Gasteiger partial charge in [-0.1, -0.05) is 23.6 Å². The molecule has 10 heteroatoms. The van der Waals surface area contributed by atoms with Crippen LogP contribution in [0.4, 0.5) is 0 Å². The maximum atomic E-state index is 6.09. The molecule has 0 aliphatic heterocycles. The summed E-state index contributed by atoms with van der Waals surface area (Å²) < 4.78 is 0. The zero-order valence-corrected chi connectivity index (χ0v) is 25.9. The lowest BCUT2D eigenvalue weighted by Crippen LogP contribution is -2.21. The molecule has 0 spiro atoms. The van der Waals surface area contributed by atoms with Gasteiger partial charge in [0, 0.05) is 43.9 Å². The van der Waals surface area contributed by atoms with E-state index in [-0.39, 0.29) is 0 Å². The molecule has 34 heavy (non-hydrogen) atoms. The Hall–Kier alpha value is -0.500. The molecule has 0 saturated carbocycles. The topological polar surface area (TPSA) is 0 Å². The van der Waals surface area contributed by atoms with Gasteiger partial charge in [0.1, 0.15) is 0 Å². The third-order valence-electron chi connectivity index (χ3n) is 5.22. The van der Waals surface area contributed by atoms with E-state index in [1.165, 1.54) is 31.8 Å². The number of hydrogen-bond donors (Lipinski definition) is 0. The maximum Gasteiger partial charge on any atom is 0.0403 e. The van der Waals surface area contributed by atoms with Crippen LogP contribution in [0.1, 0.15) is 0 Å². The Morgan fingerprint density at radius 2 is 0.529 bits per heavy atom. The molecule has 0 unspecified atom stereocenters. The molecule has 6 aromatic rings. The molecule has 0 fully saturated rings. The number of rotatable bonds is 6. The van der Waals surface area contributed by atoms with E-state index in [1.807, 2.05) is 0 Å². The summed E-state index contributed by atoms with van der Waals surface area (Å²) in [5.41, 5.74) is 0. The molecule has 6 aromatic heterocycles. The minimum absolute atomic E-state index is 1.31. The lowest BCUT2D eigenvalue weighted by atomic mass is 10.6. The average Bonchev–Trinajstić information content (AvgIpc) is 3.76. The van der Waals surface area contributed by atoms with E-state index < -0.39 is 12.1 Å². The Bertz CT molecular complexity index is 1180. The van der Waals surface area contributed by atoms with E-state index in [0.29, 0.717) is 0 Å². The second kappa shape index (κ2) is 11.3. The van der Waals surface area contributed by atoms with Crippen LogP contribution < -0.4 is 31.8 Å². The van der Waals surface area contributed by atoms with Crippen LogP contribution in [-0.4, -0.2) is 0 Å². The Kier molecular flexibility index (Phi) is 8.34. The van der Waals surface area contributed by atoms with Crippen molar-refractivity contribution in [2.75, 3.05) is 0 Å². The van der Waals surface area contributed by atoms with Crippen LogP contribution in [0.15, 0.2) is 101 Å². The van der Waals surface area contributed by atoms with Gasteiger partial charge in [0.2, 0.25) is 0 Å². The lowest BCUT2D eigenvalue weighted by molar-refractivity contribution is 2.05. The molecule has 0 amide bonds.